The number of pyridine rings is 1. The molecule has 76 valence electrons. The Balaban J connectivity index is 2.52. The second kappa shape index (κ2) is 3.49. The fourth-order valence-corrected chi connectivity index (χ4v) is 1.23. The van der Waals surface area contributed by atoms with Crippen molar-refractivity contribution in [3.63, 3.8) is 0 Å². The molecule has 0 unspecified atom stereocenters. The Hall–Kier alpha value is -2.24. The minimum Gasteiger partial charge on any atom is -0.475 e. The van der Waals surface area contributed by atoms with Crippen molar-refractivity contribution in [1.82, 2.24) is 19.7 Å². The zero-order valence-electron chi connectivity index (χ0n) is 7.95. The Bertz CT molecular complexity index is 492. The number of rotatable bonds is 2. The lowest BCUT2D eigenvalue weighted by Crippen LogP contribution is -2.06. The van der Waals surface area contributed by atoms with E-state index >= 15 is 0 Å². The van der Waals surface area contributed by atoms with Gasteiger partial charge in [-0.3, -0.25) is 4.98 Å². The van der Waals surface area contributed by atoms with E-state index in [0.29, 0.717) is 11.5 Å². The number of hydrogen-bond donors (Lipinski definition) is 1. The minimum absolute atomic E-state index is 0.101. The SMILES string of the molecule is Cn1c(C(=O)O)nnc1-c1ccccn1. The van der Waals surface area contributed by atoms with Gasteiger partial charge in [-0.1, -0.05) is 6.07 Å². The summed E-state index contributed by atoms with van der Waals surface area (Å²) in [6, 6.07) is 5.32. The third-order valence-electron chi connectivity index (χ3n) is 1.96. The summed E-state index contributed by atoms with van der Waals surface area (Å²) in [6.07, 6.45) is 1.62. The van der Waals surface area contributed by atoms with Crippen molar-refractivity contribution < 1.29 is 9.90 Å². The lowest BCUT2D eigenvalue weighted by molar-refractivity contribution is 0.0679. The lowest BCUT2D eigenvalue weighted by atomic mass is 10.3. The van der Waals surface area contributed by atoms with Gasteiger partial charge < -0.3 is 9.67 Å². The van der Waals surface area contributed by atoms with Gasteiger partial charge in [0.1, 0.15) is 5.69 Å². The van der Waals surface area contributed by atoms with E-state index in [0.717, 1.165) is 0 Å². The summed E-state index contributed by atoms with van der Waals surface area (Å²) in [5, 5.41) is 16.1. The maximum Gasteiger partial charge on any atom is 0.374 e. The highest BCUT2D eigenvalue weighted by Crippen LogP contribution is 2.13. The van der Waals surface area contributed by atoms with E-state index < -0.39 is 5.97 Å². The molecule has 0 saturated carbocycles. The molecule has 0 bridgehead atoms. The fraction of sp³-hybridized carbons (Fsp3) is 0.111. The first-order chi connectivity index (χ1) is 7.20. The second-order valence-electron chi connectivity index (χ2n) is 2.93. The van der Waals surface area contributed by atoms with Gasteiger partial charge in [-0.25, -0.2) is 4.79 Å². The number of aromatic carboxylic acids is 1. The molecule has 0 amide bonds. The van der Waals surface area contributed by atoms with Gasteiger partial charge in [0.15, 0.2) is 5.82 Å². The molecule has 6 nitrogen and oxygen atoms in total. The van der Waals surface area contributed by atoms with E-state index in [1.165, 1.54) is 4.57 Å². The van der Waals surface area contributed by atoms with Crippen LogP contribution in [0.15, 0.2) is 24.4 Å². The molecule has 15 heavy (non-hydrogen) atoms. The minimum atomic E-state index is -1.10. The number of hydrogen-bond acceptors (Lipinski definition) is 4. The Labute approximate surface area is 85.2 Å². The van der Waals surface area contributed by atoms with Crippen LogP contribution in [0.1, 0.15) is 10.6 Å². The molecule has 0 atom stereocenters. The second-order valence-corrected chi connectivity index (χ2v) is 2.93. The highest BCUT2D eigenvalue weighted by atomic mass is 16.4. The number of aromatic nitrogens is 4. The van der Waals surface area contributed by atoms with Crippen molar-refractivity contribution in [3.05, 3.63) is 30.2 Å². The quantitative estimate of drug-likeness (QED) is 0.773. The van der Waals surface area contributed by atoms with Crippen LogP contribution in [-0.2, 0) is 7.05 Å². The number of carbonyl (C=O) groups is 1. The zero-order valence-corrected chi connectivity index (χ0v) is 7.95. The van der Waals surface area contributed by atoms with E-state index in [-0.39, 0.29) is 5.82 Å². The first kappa shape index (κ1) is 9.32. The molecule has 2 aromatic heterocycles. The first-order valence-electron chi connectivity index (χ1n) is 4.24. The number of carboxylic acids is 1. The van der Waals surface area contributed by atoms with Crippen molar-refractivity contribution >= 4 is 5.97 Å². The van der Waals surface area contributed by atoms with E-state index in [2.05, 4.69) is 15.2 Å². The van der Waals surface area contributed by atoms with Crippen LogP contribution in [0.2, 0.25) is 0 Å². The average Bonchev–Trinajstić information content (AvgIpc) is 2.61. The third-order valence-corrected chi connectivity index (χ3v) is 1.96. The molecular formula is C9H8N4O2. The van der Waals surface area contributed by atoms with Gasteiger partial charge in [0, 0.05) is 13.2 Å². The maximum absolute atomic E-state index is 10.7. The van der Waals surface area contributed by atoms with Crippen LogP contribution in [0, 0.1) is 0 Å². The average molecular weight is 204 g/mol. The molecule has 0 saturated heterocycles. The molecule has 2 aromatic rings. The van der Waals surface area contributed by atoms with Crippen LogP contribution in [0.4, 0.5) is 0 Å². The zero-order chi connectivity index (χ0) is 10.8. The van der Waals surface area contributed by atoms with Crippen molar-refractivity contribution in [2.24, 2.45) is 7.05 Å². The molecule has 1 N–H and O–H groups in total. The first-order valence-corrected chi connectivity index (χ1v) is 4.24. The van der Waals surface area contributed by atoms with Crippen molar-refractivity contribution in [3.8, 4) is 11.5 Å². The van der Waals surface area contributed by atoms with Gasteiger partial charge in [-0.05, 0) is 12.1 Å². The van der Waals surface area contributed by atoms with Gasteiger partial charge in [0.2, 0.25) is 5.82 Å². The smallest absolute Gasteiger partial charge is 0.374 e. The van der Waals surface area contributed by atoms with Crippen molar-refractivity contribution in [1.29, 1.82) is 0 Å². The largest absolute Gasteiger partial charge is 0.475 e. The Morgan fingerprint density at radius 2 is 2.20 bits per heavy atom. The van der Waals surface area contributed by atoms with Crippen LogP contribution >= 0.6 is 0 Å². The summed E-state index contributed by atoms with van der Waals surface area (Å²) in [7, 11) is 1.59. The number of carboxylic acid groups (broad SMARTS) is 1. The Morgan fingerprint density at radius 3 is 2.73 bits per heavy atom. The van der Waals surface area contributed by atoms with Crippen LogP contribution in [0.25, 0.3) is 11.5 Å². The van der Waals surface area contributed by atoms with Gasteiger partial charge in [0.05, 0.1) is 0 Å². The highest BCUT2D eigenvalue weighted by Gasteiger charge is 2.16. The van der Waals surface area contributed by atoms with Crippen molar-refractivity contribution in [2.45, 2.75) is 0 Å². The van der Waals surface area contributed by atoms with Gasteiger partial charge in [-0.15, -0.1) is 10.2 Å². The van der Waals surface area contributed by atoms with E-state index in [1.54, 1.807) is 31.4 Å². The summed E-state index contributed by atoms with van der Waals surface area (Å²) >= 11 is 0. The molecule has 0 aliphatic carbocycles. The molecule has 0 aliphatic rings. The third kappa shape index (κ3) is 1.56. The lowest BCUT2D eigenvalue weighted by Gasteiger charge is -1.99. The molecule has 6 heteroatoms. The van der Waals surface area contributed by atoms with E-state index in [9.17, 15) is 4.79 Å². The molecule has 2 heterocycles. The predicted molar refractivity (Wildman–Crippen MR) is 51.2 cm³/mol. The van der Waals surface area contributed by atoms with Crippen molar-refractivity contribution in [2.75, 3.05) is 0 Å². The normalized spacial score (nSPS) is 10.2. The van der Waals surface area contributed by atoms with Crippen LogP contribution in [-0.4, -0.2) is 30.8 Å². The predicted octanol–water partition coefficient (Wildman–Crippen LogP) is 0.575. The summed E-state index contributed by atoms with van der Waals surface area (Å²) < 4.78 is 1.39. The van der Waals surface area contributed by atoms with Crippen LogP contribution in [0.3, 0.4) is 0 Å². The summed E-state index contributed by atoms with van der Waals surface area (Å²) in [5.41, 5.74) is 0.597. The van der Waals surface area contributed by atoms with Gasteiger partial charge >= 0.3 is 5.97 Å². The number of nitrogens with zero attached hydrogens (tertiary/aromatic N) is 4. The Morgan fingerprint density at radius 1 is 1.40 bits per heavy atom. The Kier molecular flexibility index (Phi) is 2.17. The van der Waals surface area contributed by atoms with Crippen LogP contribution < -0.4 is 0 Å². The summed E-state index contributed by atoms with van der Waals surface area (Å²) in [6.45, 7) is 0. The summed E-state index contributed by atoms with van der Waals surface area (Å²) in [4.78, 5) is 14.8. The monoisotopic (exact) mass is 204 g/mol. The molecular weight excluding hydrogens is 196 g/mol. The van der Waals surface area contributed by atoms with Gasteiger partial charge in [0.25, 0.3) is 0 Å². The summed E-state index contributed by atoms with van der Waals surface area (Å²) in [5.74, 6) is -0.768. The highest BCUT2D eigenvalue weighted by molar-refractivity contribution is 5.84. The maximum atomic E-state index is 10.7. The van der Waals surface area contributed by atoms with Crippen LogP contribution in [0.5, 0.6) is 0 Å². The molecule has 2 rings (SSSR count). The van der Waals surface area contributed by atoms with E-state index in [1.807, 2.05) is 0 Å². The van der Waals surface area contributed by atoms with Gasteiger partial charge in [-0.2, -0.15) is 0 Å². The van der Waals surface area contributed by atoms with E-state index in [4.69, 9.17) is 5.11 Å². The fourth-order valence-electron chi connectivity index (χ4n) is 1.23. The molecule has 0 spiro atoms. The molecule has 0 fully saturated rings. The molecule has 0 aromatic carbocycles. The molecule has 0 aliphatic heterocycles. The topological polar surface area (TPSA) is 80.9 Å². The molecule has 0 radical (unpaired) electrons. The standard InChI is InChI=1S/C9H8N4O2/c1-13-7(6-4-2-3-5-10-6)11-12-8(13)9(14)15/h2-5H,1H3,(H,14,15).